The van der Waals surface area contributed by atoms with Crippen molar-refractivity contribution in [3.8, 4) is 0 Å². The molecule has 0 aliphatic rings. The van der Waals surface area contributed by atoms with Crippen molar-refractivity contribution >= 4 is 23.1 Å². The van der Waals surface area contributed by atoms with Crippen LogP contribution in [0.15, 0.2) is 34.5 Å². The summed E-state index contributed by atoms with van der Waals surface area (Å²) in [6, 6.07) is 6.76. The molecule has 0 aliphatic carbocycles. The van der Waals surface area contributed by atoms with Crippen LogP contribution in [0.1, 0.15) is 10.7 Å². The van der Waals surface area contributed by atoms with E-state index >= 15 is 0 Å². The second-order valence-corrected chi connectivity index (χ2v) is 5.12. The molecule has 5 heteroatoms. The van der Waals surface area contributed by atoms with Gasteiger partial charge in [0.25, 0.3) is 0 Å². The van der Waals surface area contributed by atoms with E-state index in [2.05, 4.69) is 4.98 Å². The summed E-state index contributed by atoms with van der Waals surface area (Å²) in [5, 5.41) is 2.92. The highest BCUT2D eigenvalue weighted by Gasteiger charge is 2.04. The van der Waals surface area contributed by atoms with Crippen LogP contribution in [0.5, 0.6) is 0 Å². The van der Waals surface area contributed by atoms with Crippen molar-refractivity contribution < 1.29 is 4.39 Å². The Hall–Kier alpha value is -0.910. The van der Waals surface area contributed by atoms with Gasteiger partial charge in [0.15, 0.2) is 0 Å². The number of hydrogen-bond donors (Lipinski definition) is 1. The summed E-state index contributed by atoms with van der Waals surface area (Å²) in [7, 11) is 0. The van der Waals surface area contributed by atoms with Gasteiger partial charge in [0.2, 0.25) is 0 Å². The zero-order chi connectivity index (χ0) is 11.4. The number of thiazole rings is 1. The van der Waals surface area contributed by atoms with Gasteiger partial charge in [-0.1, -0.05) is 12.1 Å². The van der Waals surface area contributed by atoms with Crippen LogP contribution in [0, 0.1) is 5.82 Å². The first-order valence-corrected chi connectivity index (χ1v) is 6.67. The van der Waals surface area contributed by atoms with Gasteiger partial charge in [0.05, 0.1) is 11.4 Å². The van der Waals surface area contributed by atoms with Crippen molar-refractivity contribution in [2.75, 3.05) is 0 Å². The van der Waals surface area contributed by atoms with Crippen molar-refractivity contribution in [2.24, 2.45) is 5.73 Å². The van der Waals surface area contributed by atoms with E-state index in [1.807, 2.05) is 11.4 Å². The van der Waals surface area contributed by atoms with Gasteiger partial charge in [-0.3, -0.25) is 0 Å². The van der Waals surface area contributed by atoms with Crippen LogP contribution in [-0.4, -0.2) is 4.98 Å². The fraction of sp³-hybridized carbons (Fsp3) is 0.182. The quantitative estimate of drug-likeness (QED) is 0.852. The van der Waals surface area contributed by atoms with E-state index < -0.39 is 0 Å². The van der Waals surface area contributed by atoms with Crippen molar-refractivity contribution in [3.63, 3.8) is 0 Å². The predicted molar refractivity (Wildman–Crippen MR) is 66.0 cm³/mol. The van der Waals surface area contributed by atoms with Crippen LogP contribution in [-0.2, 0) is 12.3 Å². The van der Waals surface area contributed by atoms with Gasteiger partial charge in [-0.25, -0.2) is 9.37 Å². The molecule has 0 atom stereocenters. The Morgan fingerprint density at radius 2 is 2.19 bits per heavy atom. The Morgan fingerprint density at radius 3 is 2.88 bits per heavy atom. The lowest BCUT2D eigenvalue weighted by atomic mass is 10.3. The van der Waals surface area contributed by atoms with Gasteiger partial charge in [-0.15, -0.1) is 23.1 Å². The first kappa shape index (κ1) is 11.6. The van der Waals surface area contributed by atoms with E-state index in [-0.39, 0.29) is 5.82 Å². The number of halogens is 1. The topological polar surface area (TPSA) is 38.9 Å². The molecular weight excluding hydrogens is 243 g/mol. The molecule has 0 fully saturated rings. The van der Waals surface area contributed by atoms with E-state index in [0.717, 1.165) is 10.7 Å². The number of benzene rings is 1. The van der Waals surface area contributed by atoms with E-state index in [4.69, 9.17) is 5.73 Å². The molecule has 0 bridgehead atoms. The number of thioether (sulfide) groups is 1. The molecule has 1 aromatic carbocycles. The van der Waals surface area contributed by atoms with Crippen molar-refractivity contribution in [1.29, 1.82) is 0 Å². The highest BCUT2D eigenvalue weighted by molar-refractivity contribution is 7.98. The summed E-state index contributed by atoms with van der Waals surface area (Å²) < 4.78 is 13.3. The normalized spacial score (nSPS) is 10.6. The molecule has 0 saturated heterocycles. The number of aromatic nitrogens is 1. The molecule has 1 heterocycles. The maximum atomic E-state index is 13.3. The summed E-state index contributed by atoms with van der Waals surface area (Å²) in [5.74, 6) is 0.508. The van der Waals surface area contributed by atoms with Crippen LogP contribution in [0.4, 0.5) is 4.39 Å². The Labute approximate surface area is 102 Å². The number of nitrogens with two attached hydrogens (primary N) is 1. The third kappa shape index (κ3) is 2.81. The zero-order valence-electron chi connectivity index (χ0n) is 8.52. The molecule has 1 aromatic heterocycles. The van der Waals surface area contributed by atoms with E-state index in [9.17, 15) is 4.39 Å². The molecule has 0 amide bonds. The van der Waals surface area contributed by atoms with Crippen molar-refractivity contribution in [3.05, 3.63) is 46.2 Å². The number of rotatable bonds is 4. The molecule has 2 rings (SSSR count). The van der Waals surface area contributed by atoms with Crippen molar-refractivity contribution in [2.45, 2.75) is 17.2 Å². The van der Waals surface area contributed by atoms with Gasteiger partial charge in [0, 0.05) is 16.8 Å². The van der Waals surface area contributed by atoms with Crippen LogP contribution in [0.2, 0.25) is 0 Å². The Kier molecular flexibility index (Phi) is 3.93. The van der Waals surface area contributed by atoms with Gasteiger partial charge >= 0.3 is 0 Å². The molecule has 2 nitrogen and oxygen atoms in total. The predicted octanol–water partition coefficient (Wildman–Crippen LogP) is 3.03. The Bertz CT molecular complexity index is 471. The third-order valence-corrected chi connectivity index (χ3v) is 4.14. The fourth-order valence-corrected chi connectivity index (χ4v) is 2.97. The first-order valence-electron chi connectivity index (χ1n) is 4.80. The van der Waals surface area contributed by atoms with Crippen LogP contribution < -0.4 is 5.73 Å². The first-order chi connectivity index (χ1) is 7.79. The standard InChI is InChI=1S/C11H11FN2S2/c12-9-3-1-2-4-10(9)15-7-11-14-8(5-13)6-16-11/h1-4,6H,5,7,13H2. The fourth-order valence-electron chi connectivity index (χ4n) is 1.21. The smallest absolute Gasteiger partial charge is 0.136 e. The van der Waals surface area contributed by atoms with Crippen LogP contribution >= 0.6 is 23.1 Å². The Morgan fingerprint density at radius 1 is 1.38 bits per heavy atom. The zero-order valence-corrected chi connectivity index (χ0v) is 10.2. The minimum absolute atomic E-state index is 0.178. The SMILES string of the molecule is NCc1csc(CSc2ccccc2F)n1. The molecule has 0 saturated carbocycles. The minimum Gasteiger partial charge on any atom is -0.325 e. The van der Waals surface area contributed by atoms with Gasteiger partial charge in [0.1, 0.15) is 10.8 Å². The summed E-state index contributed by atoms with van der Waals surface area (Å²) in [6.45, 7) is 0.459. The lowest BCUT2D eigenvalue weighted by molar-refractivity contribution is 0.602. The lowest BCUT2D eigenvalue weighted by Crippen LogP contribution is -1.96. The molecule has 2 N–H and O–H groups in total. The summed E-state index contributed by atoms with van der Waals surface area (Å²) >= 11 is 3.02. The maximum Gasteiger partial charge on any atom is 0.136 e. The second-order valence-electron chi connectivity index (χ2n) is 3.16. The third-order valence-electron chi connectivity index (χ3n) is 2.00. The number of nitrogens with zero attached hydrogens (tertiary/aromatic N) is 1. The Balaban J connectivity index is 1.99. The highest BCUT2D eigenvalue weighted by Crippen LogP contribution is 2.26. The largest absolute Gasteiger partial charge is 0.325 e. The highest BCUT2D eigenvalue weighted by atomic mass is 32.2. The second kappa shape index (κ2) is 5.43. The molecule has 16 heavy (non-hydrogen) atoms. The summed E-state index contributed by atoms with van der Waals surface area (Å²) in [5.41, 5.74) is 6.37. The molecular formula is C11H11FN2S2. The molecule has 2 aromatic rings. The maximum absolute atomic E-state index is 13.3. The van der Waals surface area contributed by atoms with Crippen LogP contribution in [0.25, 0.3) is 0 Å². The molecule has 0 unspecified atom stereocenters. The van der Waals surface area contributed by atoms with Crippen molar-refractivity contribution in [1.82, 2.24) is 4.98 Å². The molecule has 0 aliphatic heterocycles. The average molecular weight is 254 g/mol. The molecule has 84 valence electrons. The number of hydrogen-bond acceptors (Lipinski definition) is 4. The molecule has 0 spiro atoms. The summed E-state index contributed by atoms with van der Waals surface area (Å²) in [6.07, 6.45) is 0. The minimum atomic E-state index is -0.178. The van der Waals surface area contributed by atoms with E-state index in [1.165, 1.54) is 17.8 Å². The van der Waals surface area contributed by atoms with Crippen LogP contribution in [0.3, 0.4) is 0 Å². The van der Waals surface area contributed by atoms with Gasteiger partial charge in [-0.2, -0.15) is 0 Å². The van der Waals surface area contributed by atoms with E-state index in [1.54, 1.807) is 23.5 Å². The van der Waals surface area contributed by atoms with Gasteiger partial charge in [-0.05, 0) is 12.1 Å². The van der Waals surface area contributed by atoms with Gasteiger partial charge < -0.3 is 5.73 Å². The monoisotopic (exact) mass is 254 g/mol. The van der Waals surface area contributed by atoms with E-state index in [0.29, 0.717) is 17.2 Å². The average Bonchev–Trinajstić information content (AvgIpc) is 2.76. The molecule has 0 radical (unpaired) electrons. The summed E-state index contributed by atoms with van der Waals surface area (Å²) in [4.78, 5) is 4.98. The lowest BCUT2D eigenvalue weighted by Gasteiger charge is -2.00.